The van der Waals surface area contributed by atoms with Gasteiger partial charge >= 0.3 is 0 Å². The Labute approximate surface area is 98.9 Å². The van der Waals surface area contributed by atoms with Crippen LogP contribution < -0.4 is 5.73 Å². The minimum absolute atomic E-state index is 0.639. The molecule has 0 saturated heterocycles. The number of hydrogen-bond donors (Lipinski definition) is 1. The smallest absolute Gasteiger partial charge is 0.180 e. The van der Waals surface area contributed by atoms with Crippen molar-refractivity contribution in [3.8, 4) is 10.6 Å². The molecule has 14 heavy (non-hydrogen) atoms. The fraction of sp³-hybridized carbons (Fsp3) is 0.222. The first kappa shape index (κ1) is 10.1. The maximum absolute atomic E-state index is 5.66. The maximum Gasteiger partial charge on any atom is 0.180 e. The molecule has 0 saturated carbocycles. The number of aromatic nitrogens is 1. The van der Waals surface area contributed by atoms with Crippen molar-refractivity contribution in [1.82, 2.24) is 4.98 Å². The molecule has 0 amide bonds. The Hall–Kier alpha value is -0.390. The lowest BCUT2D eigenvalue weighted by atomic mass is 10.3. The summed E-state index contributed by atoms with van der Waals surface area (Å²) in [4.78, 5) is 7.95. The van der Waals surface area contributed by atoms with Gasteiger partial charge in [0.1, 0.15) is 0 Å². The lowest BCUT2D eigenvalue weighted by Gasteiger charge is -1.90. The zero-order valence-corrected chi connectivity index (χ0v) is 11.0. The van der Waals surface area contributed by atoms with Crippen LogP contribution >= 0.6 is 38.6 Å². The van der Waals surface area contributed by atoms with Crippen LogP contribution in [0.3, 0.4) is 0 Å². The second kappa shape index (κ2) is 3.64. The Morgan fingerprint density at radius 3 is 2.43 bits per heavy atom. The van der Waals surface area contributed by atoms with Gasteiger partial charge in [-0.15, -0.1) is 22.7 Å². The number of nitrogen functional groups attached to an aromatic ring is 1. The van der Waals surface area contributed by atoms with Gasteiger partial charge in [0.15, 0.2) is 5.13 Å². The maximum atomic E-state index is 5.66. The normalized spacial score (nSPS) is 10.8. The van der Waals surface area contributed by atoms with Crippen molar-refractivity contribution in [1.29, 1.82) is 0 Å². The van der Waals surface area contributed by atoms with Crippen LogP contribution in [0.2, 0.25) is 0 Å². The van der Waals surface area contributed by atoms with Gasteiger partial charge in [-0.05, 0) is 35.8 Å². The molecule has 2 nitrogen and oxygen atoms in total. The van der Waals surface area contributed by atoms with E-state index in [1.807, 2.05) is 6.92 Å². The molecule has 0 atom stereocenters. The molecule has 5 heteroatoms. The summed E-state index contributed by atoms with van der Waals surface area (Å²) in [6.45, 7) is 4.13. The molecule has 2 aromatic rings. The molecular weight excluding hydrogens is 280 g/mol. The van der Waals surface area contributed by atoms with E-state index >= 15 is 0 Å². The van der Waals surface area contributed by atoms with Crippen LogP contribution in [-0.2, 0) is 0 Å². The van der Waals surface area contributed by atoms with E-state index in [1.165, 1.54) is 26.0 Å². The molecule has 2 N–H and O–H groups in total. The van der Waals surface area contributed by atoms with Crippen molar-refractivity contribution < 1.29 is 0 Å². The summed E-state index contributed by atoms with van der Waals surface area (Å²) in [5, 5.41) is 0.639. The molecule has 0 aromatic carbocycles. The van der Waals surface area contributed by atoms with E-state index in [9.17, 15) is 0 Å². The van der Waals surface area contributed by atoms with Gasteiger partial charge in [-0.1, -0.05) is 0 Å². The van der Waals surface area contributed by atoms with Crippen LogP contribution in [0.1, 0.15) is 9.75 Å². The fourth-order valence-electron chi connectivity index (χ4n) is 1.22. The molecule has 0 aliphatic heterocycles. The minimum atomic E-state index is 0.639. The minimum Gasteiger partial charge on any atom is -0.375 e. The topological polar surface area (TPSA) is 38.9 Å². The largest absolute Gasteiger partial charge is 0.375 e. The highest BCUT2D eigenvalue weighted by Crippen LogP contribution is 2.37. The summed E-state index contributed by atoms with van der Waals surface area (Å²) < 4.78 is 1.14. The highest BCUT2D eigenvalue weighted by molar-refractivity contribution is 9.10. The Balaban J connectivity index is 2.54. The van der Waals surface area contributed by atoms with Gasteiger partial charge in [0, 0.05) is 14.2 Å². The van der Waals surface area contributed by atoms with Crippen LogP contribution in [0, 0.1) is 13.8 Å². The van der Waals surface area contributed by atoms with E-state index in [1.54, 1.807) is 11.3 Å². The number of halogens is 1. The van der Waals surface area contributed by atoms with Crippen molar-refractivity contribution in [2.75, 3.05) is 5.73 Å². The molecule has 74 valence electrons. The highest BCUT2D eigenvalue weighted by atomic mass is 79.9. The molecular formula is C9H9BrN2S2. The van der Waals surface area contributed by atoms with Crippen LogP contribution in [0.4, 0.5) is 5.13 Å². The van der Waals surface area contributed by atoms with Gasteiger partial charge in [0.05, 0.1) is 10.6 Å². The second-order valence-electron chi connectivity index (χ2n) is 2.97. The summed E-state index contributed by atoms with van der Waals surface area (Å²) >= 11 is 6.77. The first-order valence-corrected chi connectivity index (χ1v) is 6.49. The molecule has 0 spiro atoms. The number of nitrogens with zero attached hydrogens (tertiary/aromatic N) is 1. The van der Waals surface area contributed by atoms with Gasteiger partial charge in [0.2, 0.25) is 0 Å². The Bertz CT molecular complexity index is 454. The highest BCUT2D eigenvalue weighted by Gasteiger charge is 2.11. The average molecular weight is 289 g/mol. The molecule has 2 heterocycles. The Morgan fingerprint density at radius 2 is 2.00 bits per heavy atom. The van der Waals surface area contributed by atoms with Gasteiger partial charge in [-0.3, -0.25) is 0 Å². The van der Waals surface area contributed by atoms with Crippen molar-refractivity contribution in [3.05, 3.63) is 20.3 Å². The van der Waals surface area contributed by atoms with E-state index in [0.29, 0.717) is 5.13 Å². The van der Waals surface area contributed by atoms with E-state index in [-0.39, 0.29) is 0 Å². The monoisotopic (exact) mass is 288 g/mol. The SMILES string of the molecule is Cc1sc(-c2nc(N)sc2C)cc1Br. The van der Waals surface area contributed by atoms with Crippen LogP contribution in [-0.4, -0.2) is 4.98 Å². The van der Waals surface area contributed by atoms with E-state index in [2.05, 4.69) is 33.9 Å². The quantitative estimate of drug-likeness (QED) is 0.866. The lowest BCUT2D eigenvalue weighted by Crippen LogP contribution is -1.81. The third-order valence-corrected chi connectivity index (χ3v) is 4.85. The number of rotatable bonds is 1. The molecule has 0 aliphatic rings. The Morgan fingerprint density at radius 1 is 1.29 bits per heavy atom. The average Bonchev–Trinajstić information content (AvgIpc) is 2.57. The molecule has 0 unspecified atom stereocenters. The van der Waals surface area contributed by atoms with Gasteiger partial charge < -0.3 is 5.73 Å². The molecule has 0 fully saturated rings. The standard InChI is InChI=1S/C9H9BrN2S2/c1-4-6(10)3-7(13-4)8-5(2)14-9(11)12-8/h3H,1-2H3,(H2,11,12). The second-order valence-corrected chi connectivity index (χ2v) is 6.32. The Kier molecular flexibility index (Phi) is 2.64. The number of hydrogen-bond acceptors (Lipinski definition) is 4. The van der Waals surface area contributed by atoms with Gasteiger partial charge in [-0.25, -0.2) is 4.98 Å². The third kappa shape index (κ3) is 1.71. The summed E-state index contributed by atoms with van der Waals surface area (Å²) in [5.74, 6) is 0. The predicted molar refractivity (Wildman–Crippen MR) is 67.0 cm³/mol. The van der Waals surface area contributed by atoms with Gasteiger partial charge in [-0.2, -0.15) is 0 Å². The lowest BCUT2D eigenvalue weighted by molar-refractivity contribution is 1.40. The third-order valence-electron chi connectivity index (χ3n) is 1.90. The number of aryl methyl sites for hydroxylation is 2. The first-order chi connectivity index (χ1) is 6.58. The number of thiazole rings is 1. The summed E-state index contributed by atoms with van der Waals surface area (Å²) in [6, 6.07) is 2.10. The van der Waals surface area contributed by atoms with Crippen LogP contribution in [0.5, 0.6) is 0 Å². The van der Waals surface area contributed by atoms with Crippen LogP contribution in [0.15, 0.2) is 10.5 Å². The van der Waals surface area contributed by atoms with Crippen molar-refractivity contribution in [2.24, 2.45) is 0 Å². The van der Waals surface area contributed by atoms with Gasteiger partial charge in [0.25, 0.3) is 0 Å². The van der Waals surface area contributed by atoms with E-state index in [4.69, 9.17) is 5.73 Å². The summed E-state index contributed by atoms with van der Waals surface area (Å²) in [6.07, 6.45) is 0. The zero-order chi connectivity index (χ0) is 10.3. The molecule has 2 rings (SSSR count). The summed E-state index contributed by atoms with van der Waals surface area (Å²) in [5.41, 5.74) is 6.68. The summed E-state index contributed by atoms with van der Waals surface area (Å²) in [7, 11) is 0. The number of nitrogens with two attached hydrogens (primary N) is 1. The number of thiophene rings is 1. The van der Waals surface area contributed by atoms with Crippen LogP contribution in [0.25, 0.3) is 10.6 Å². The van der Waals surface area contributed by atoms with Crippen molar-refractivity contribution in [3.63, 3.8) is 0 Å². The first-order valence-electron chi connectivity index (χ1n) is 4.07. The van der Waals surface area contributed by atoms with Crippen molar-refractivity contribution >= 4 is 43.7 Å². The molecule has 0 bridgehead atoms. The molecule has 0 aliphatic carbocycles. The number of anilines is 1. The predicted octanol–water partition coefficient (Wildman–Crippen LogP) is 3.83. The zero-order valence-electron chi connectivity index (χ0n) is 7.80. The fourth-order valence-corrected chi connectivity index (χ4v) is 3.57. The van der Waals surface area contributed by atoms with Crippen molar-refractivity contribution in [2.45, 2.75) is 13.8 Å². The molecule has 2 aromatic heterocycles. The molecule has 0 radical (unpaired) electrons. The van der Waals surface area contributed by atoms with E-state index < -0.39 is 0 Å². The van der Waals surface area contributed by atoms with E-state index in [0.717, 1.165) is 10.2 Å².